The fourth-order valence-electron chi connectivity index (χ4n) is 1.87. The minimum atomic E-state index is -0.583. The van der Waals surface area contributed by atoms with E-state index in [1.165, 1.54) is 0 Å². The van der Waals surface area contributed by atoms with Gasteiger partial charge in [-0.15, -0.1) is 0 Å². The summed E-state index contributed by atoms with van der Waals surface area (Å²) in [4.78, 5) is 16.0. The van der Waals surface area contributed by atoms with Crippen LogP contribution in [0.2, 0.25) is 0 Å². The van der Waals surface area contributed by atoms with E-state index in [0.717, 1.165) is 6.42 Å². The van der Waals surface area contributed by atoms with E-state index < -0.39 is 5.92 Å². The van der Waals surface area contributed by atoms with Crippen molar-refractivity contribution >= 4 is 11.7 Å². The second-order valence-electron chi connectivity index (χ2n) is 4.54. The second kappa shape index (κ2) is 7.40. The number of hydrogen-bond donors (Lipinski definition) is 3. The van der Waals surface area contributed by atoms with Crippen LogP contribution in [0.3, 0.4) is 0 Å². The molecule has 7 nitrogen and oxygen atoms in total. The van der Waals surface area contributed by atoms with Crippen LogP contribution in [-0.2, 0) is 11.3 Å². The molecule has 0 bridgehead atoms. The van der Waals surface area contributed by atoms with E-state index in [9.17, 15) is 4.79 Å². The Labute approximate surface area is 112 Å². The maximum absolute atomic E-state index is 12.1. The highest BCUT2D eigenvalue weighted by Gasteiger charge is 2.23. The van der Waals surface area contributed by atoms with E-state index in [4.69, 9.17) is 10.9 Å². The number of aromatic nitrogens is 2. The number of amides is 1. The van der Waals surface area contributed by atoms with Gasteiger partial charge >= 0.3 is 0 Å². The Balaban J connectivity index is 2.55. The third-order valence-electron chi connectivity index (χ3n) is 2.80. The van der Waals surface area contributed by atoms with E-state index in [0.29, 0.717) is 13.0 Å². The summed E-state index contributed by atoms with van der Waals surface area (Å²) < 4.78 is 1.88. The molecule has 0 aliphatic carbocycles. The molecule has 106 valence electrons. The largest absolute Gasteiger partial charge is 0.409 e. The smallest absolute Gasteiger partial charge is 0.231 e. The SMILES string of the molecule is CCCC(C(=O)NC(C)Cn1ccnc1)C(N)=NO. The first kappa shape index (κ1) is 15.0. The molecule has 1 aromatic rings. The van der Waals surface area contributed by atoms with E-state index in [-0.39, 0.29) is 17.8 Å². The van der Waals surface area contributed by atoms with Gasteiger partial charge in [0.05, 0.1) is 12.2 Å². The minimum Gasteiger partial charge on any atom is -0.409 e. The summed E-state index contributed by atoms with van der Waals surface area (Å²) in [6.07, 6.45) is 6.54. The summed E-state index contributed by atoms with van der Waals surface area (Å²) in [5, 5.41) is 14.5. The van der Waals surface area contributed by atoms with E-state index in [2.05, 4.69) is 15.5 Å². The quantitative estimate of drug-likeness (QED) is 0.290. The predicted molar refractivity (Wildman–Crippen MR) is 71.6 cm³/mol. The summed E-state index contributed by atoms with van der Waals surface area (Å²) in [6.45, 7) is 4.47. The molecule has 0 saturated heterocycles. The number of oxime groups is 1. The Morgan fingerprint density at radius 2 is 2.37 bits per heavy atom. The molecule has 0 aliphatic heterocycles. The lowest BCUT2D eigenvalue weighted by Crippen LogP contribution is -2.43. The lowest BCUT2D eigenvalue weighted by molar-refractivity contribution is -0.124. The Bertz CT molecular complexity index is 416. The lowest BCUT2D eigenvalue weighted by atomic mass is 10.0. The van der Waals surface area contributed by atoms with Crippen molar-refractivity contribution in [3.8, 4) is 0 Å². The van der Waals surface area contributed by atoms with Gasteiger partial charge in [-0.3, -0.25) is 4.79 Å². The molecule has 19 heavy (non-hydrogen) atoms. The summed E-state index contributed by atoms with van der Waals surface area (Å²) >= 11 is 0. The number of nitrogens with two attached hydrogens (primary N) is 1. The molecule has 1 heterocycles. The average molecular weight is 267 g/mol. The van der Waals surface area contributed by atoms with Crippen LogP contribution in [0.5, 0.6) is 0 Å². The zero-order valence-corrected chi connectivity index (χ0v) is 11.3. The molecule has 2 unspecified atom stereocenters. The minimum absolute atomic E-state index is 0.0471. The van der Waals surface area contributed by atoms with Crippen LogP contribution in [0.1, 0.15) is 26.7 Å². The van der Waals surface area contributed by atoms with E-state index in [1.54, 1.807) is 12.5 Å². The normalized spacial score (nSPS) is 14.9. The Morgan fingerprint density at radius 3 is 2.89 bits per heavy atom. The number of nitrogens with one attached hydrogen (secondary N) is 1. The third-order valence-corrected chi connectivity index (χ3v) is 2.80. The van der Waals surface area contributed by atoms with Crippen LogP contribution >= 0.6 is 0 Å². The van der Waals surface area contributed by atoms with Gasteiger partial charge in [0.25, 0.3) is 0 Å². The molecule has 0 saturated carbocycles. The number of carbonyl (C=O) groups excluding carboxylic acids is 1. The molecule has 7 heteroatoms. The zero-order chi connectivity index (χ0) is 14.3. The van der Waals surface area contributed by atoms with Gasteiger partial charge in [-0.2, -0.15) is 0 Å². The highest BCUT2D eigenvalue weighted by Crippen LogP contribution is 2.07. The highest BCUT2D eigenvalue weighted by atomic mass is 16.4. The van der Waals surface area contributed by atoms with Crippen LogP contribution in [0.15, 0.2) is 23.9 Å². The number of nitrogens with zero attached hydrogens (tertiary/aromatic N) is 3. The number of carbonyl (C=O) groups is 1. The van der Waals surface area contributed by atoms with Crippen molar-refractivity contribution in [2.24, 2.45) is 16.8 Å². The van der Waals surface area contributed by atoms with Gasteiger partial charge in [-0.05, 0) is 13.3 Å². The predicted octanol–water partition coefficient (Wildman–Crippen LogP) is 0.551. The van der Waals surface area contributed by atoms with Gasteiger partial charge in [0, 0.05) is 25.0 Å². The maximum Gasteiger partial charge on any atom is 0.231 e. The van der Waals surface area contributed by atoms with Crippen LogP contribution in [0, 0.1) is 5.92 Å². The van der Waals surface area contributed by atoms with Crippen LogP contribution < -0.4 is 11.1 Å². The van der Waals surface area contributed by atoms with Gasteiger partial charge in [0.2, 0.25) is 5.91 Å². The fraction of sp³-hybridized carbons (Fsp3) is 0.583. The van der Waals surface area contributed by atoms with Gasteiger partial charge in [0.15, 0.2) is 5.84 Å². The molecule has 1 rings (SSSR count). The average Bonchev–Trinajstić information content (AvgIpc) is 2.87. The van der Waals surface area contributed by atoms with Crippen molar-refractivity contribution in [1.82, 2.24) is 14.9 Å². The molecule has 1 amide bonds. The topological polar surface area (TPSA) is 106 Å². The van der Waals surface area contributed by atoms with Crippen molar-refractivity contribution in [1.29, 1.82) is 0 Å². The van der Waals surface area contributed by atoms with Crippen molar-refractivity contribution in [3.05, 3.63) is 18.7 Å². The molecule has 0 aliphatic rings. The van der Waals surface area contributed by atoms with Crippen LogP contribution in [0.4, 0.5) is 0 Å². The number of imidazole rings is 1. The molecule has 0 radical (unpaired) electrons. The fourth-order valence-corrected chi connectivity index (χ4v) is 1.87. The number of rotatable bonds is 7. The molecular weight excluding hydrogens is 246 g/mol. The first-order chi connectivity index (χ1) is 9.08. The van der Waals surface area contributed by atoms with Crippen molar-refractivity contribution in [2.75, 3.05) is 0 Å². The maximum atomic E-state index is 12.1. The summed E-state index contributed by atoms with van der Waals surface area (Å²) in [5.74, 6) is -0.848. The monoisotopic (exact) mass is 267 g/mol. The van der Waals surface area contributed by atoms with E-state index >= 15 is 0 Å². The van der Waals surface area contributed by atoms with Crippen LogP contribution in [0.25, 0.3) is 0 Å². The molecule has 0 aromatic carbocycles. The molecule has 1 aromatic heterocycles. The first-order valence-corrected chi connectivity index (χ1v) is 6.32. The van der Waals surface area contributed by atoms with Gasteiger partial charge in [0.1, 0.15) is 0 Å². The third kappa shape index (κ3) is 4.61. The Hall–Kier alpha value is -2.05. The molecule has 2 atom stereocenters. The van der Waals surface area contributed by atoms with Gasteiger partial charge in [-0.25, -0.2) is 4.98 Å². The number of amidine groups is 1. The number of hydrogen-bond acceptors (Lipinski definition) is 4. The summed E-state index contributed by atoms with van der Waals surface area (Å²) in [5.41, 5.74) is 5.54. The van der Waals surface area contributed by atoms with Crippen LogP contribution in [-0.4, -0.2) is 32.5 Å². The first-order valence-electron chi connectivity index (χ1n) is 6.32. The standard InChI is InChI=1S/C12H21N5O2/c1-3-4-10(11(13)16-19)12(18)15-9(2)7-17-6-5-14-8-17/h5-6,8-10,19H,3-4,7H2,1-2H3,(H2,13,16)(H,15,18). The Morgan fingerprint density at radius 1 is 1.63 bits per heavy atom. The molecule has 0 spiro atoms. The summed E-state index contributed by atoms with van der Waals surface area (Å²) in [7, 11) is 0. The Kier molecular flexibility index (Phi) is 5.84. The molecule has 4 N–H and O–H groups in total. The van der Waals surface area contributed by atoms with Gasteiger partial charge < -0.3 is 20.8 Å². The van der Waals surface area contributed by atoms with Crippen molar-refractivity contribution in [2.45, 2.75) is 39.3 Å². The molecular formula is C12H21N5O2. The molecule has 0 fully saturated rings. The highest BCUT2D eigenvalue weighted by molar-refractivity contribution is 6.02. The van der Waals surface area contributed by atoms with Crippen molar-refractivity contribution < 1.29 is 10.0 Å². The lowest BCUT2D eigenvalue weighted by Gasteiger charge is -2.19. The zero-order valence-electron chi connectivity index (χ0n) is 11.3. The summed E-state index contributed by atoms with van der Waals surface area (Å²) in [6, 6.07) is -0.0625. The van der Waals surface area contributed by atoms with E-state index in [1.807, 2.05) is 24.6 Å². The van der Waals surface area contributed by atoms with Gasteiger partial charge in [-0.1, -0.05) is 18.5 Å². The second-order valence-corrected chi connectivity index (χ2v) is 4.54. The van der Waals surface area contributed by atoms with Crippen molar-refractivity contribution in [3.63, 3.8) is 0 Å².